The number of carbonyl (C=O) groups is 8. The quantitative estimate of drug-likeness (QED) is 0.0193. The Morgan fingerprint density at radius 2 is 0.651 bits per heavy atom. The van der Waals surface area contributed by atoms with Gasteiger partial charge in [-0.15, -0.1) is 0 Å². The van der Waals surface area contributed by atoms with Crippen LogP contribution in [-0.2, 0) is 14.2 Å². The number of anilines is 6. The molecular formula is C82H98Cl2N10O15. The van der Waals surface area contributed by atoms with Crippen LogP contribution in [0.1, 0.15) is 210 Å². The first kappa shape index (κ1) is 87.1. The van der Waals surface area contributed by atoms with Crippen molar-refractivity contribution in [3.05, 3.63) is 219 Å². The summed E-state index contributed by atoms with van der Waals surface area (Å²) in [5.74, 6) is -2.62. The predicted molar refractivity (Wildman–Crippen MR) is 424 cm³/mol. The number of amides is 3. The van der Waals surface area contributed by atoms with E-state index in [1.54, 1.807) is 121 Å². The molecule has 0 saturated carbocycles. The van der Waals surface area contributed by atoms with E-state index in [-0.39, 0.29) is 62.9 Å². The van der Waals surface area contributed by atoms with Crippen molar-refractivity contribution in [3.63, 3.8) is 0 Å². The summed E-state index contributed by atoms with van der Waals surface area (Å²) in [6.07, 6.45) is 2.63. The van der Waals surface area contributed by atoms with E-state index < -0.39 is 23.1 Å². The van der Waals surface area contributed by atoms with E-state index in [0.29, 0.717) is 139 Å². The molecular weight excluding hydrogens is 1440 g/mol. The van der Waals surface area contributed by atoms with Gasteiger partial charge < -0.3 is 66.1 Å². The van der Waals surface area contributed by atoms with E-state index in [1.807, 2.05) is 93.5 Å². The summed E-state index contributed by atoms with van der Waals surface area (Å²) < 4.78 is 15.0. The van der Waals surface area contributed by atoms with Crippen molar-refractivity contribution in [3.8, 4) is 0 Å². The maximum Gasteiger partial charge on any atom is 0.354 e. The number of hydrogen-bond acceptors (Lipinski definition) is 20. The number of hydrogen-bond donors (Lipinski definition) is 8. The SMILES string of the molecule is CCOC(=O)c1cc(C)c(N)c(C)c1.CCOC(=O)c1cc(C)c(NC(=O)c2nc(Cl)ccc2C)c(C)c1.CCOC(=O)c1cc(C)c(NC(=O)c2nc(N3CCC(C)(O)CC3)ccc2C)c(C)c1.Cc1ccc(Cl)nc1C(=O)O.Cc1ccc(N2CCC(C)(O)CC2)nc1C(=O)Nc1c(C)cc(C(=O)O)cc1C. The zero-order valence-corrected chi connectivity index (χ0v) is 66.3. The first-order valence-corrected chi connectivity index (χ1v) is 36.2. The number of carboxylic acid groups (broad SMARTS) is 2. The molecule has 10 rings (SSSR count). The zero-order chi connectivity index (χ0) is 81.1. The van der Waals surface area contributed by atoms with Gasteiger partial charge in [0, 0.05) is 48.9 Å². The summed E-state index contributed by atoms with van der Waals surface area (Å²) in [7, 11) is 0. The topological polar surface area (TPSA) is 365 Å². The third-order valence-electron chi connectivity index (χ3n) is 18.2. The molecule has 8 aromatic rings. The van der Waals surface area contributed by atoms with Crippen molar-refractivity contribution in [2.75, 3.05) is 77.5 Å². The van der Waals surface area contributed by atoms with Crippen LogP contribution in [0.4, 0.5) is 34.4 Å². The summed E-state index contributed by atoms with van der Waals surface area (Å²) in [5, 5.41) is 47.3. The fourth-order valence-electron chi connectivity index (χ4n) is 11.8. The van der Waals surface area contributed by atoms with Crippen molar-refractivity contribution >= 4 is 105 Å². The van der Waals surface area contributed by atoms with Gasteiger partial charge in [0.1, 0.15) is 39.0 Å². The van der Waals surface area contributed by atoms with Crippen LogP contribution in [0.5, 0.6) is 0 Å². The number of ether oxygens (including phenoxy) is 3. The van der Waals surface area contributed by atoms with E-state index in [9.17, 15) is 53.7 Å². The number of esters is 3. The number of halogens is 2. The number of nitrogens with zero attached hydrogens (tertiary/aromatic N) is 6. The third-order valence-corrected chi connectivity index (χ3v) is 18.6. The van der Waals surface area contributed by atoms with Gasteiger partial charge in [-0.2, -0.15) is 0 Å². The summed E-state index contributed by atoms with van der Waals surface area (Å²) in [6.45, 7) is 34.6. The van der Waals surface area contributed by atoms with Crippen LogP contribution in [0.15, 0.2) is 97.1 Å². The lowest BCUT2D eigenvalue weighted by Crippen LogP contribution is -2.42. The molecule has 2 saturated heterocycles. The Kier molecular flexibility index (Phi) is 31.0. The Morgan fingerprint density at radius 3 is 0.927 bits per heavy atom. The highest BCUT2D eigenvalue weighted by Gasteiger charge is 2.31. The largest absolute Gasteiger partial charge is 0.478 e. The number of piperidine rings is 2. The van der Waals surface area contributed by atoms with Gasteiger partial charge in [0.15, 0.2) is 5.69 Å². The number of nitrogen functional groups attached to an aromatic ring is 1. The fraction of sp³-hybridized carbons (Fsp3) is 0.366. The van der Waals surface area contributed by atoms with Gasteiger partial charge in [-0.1, -0.05) is 47.5 Å². The van der Waals surface area contributed by atoms with Gasteiger partial charge >= 0.3 is 29.8 Å². The standard InChI is InChI=1S/C24H31N3O4.C22H27N3O4.C18H19ClN2O3.C11H15NO2.C7H6ClNO2/c1-6-31-23(29)18-13-16(3)20(17(4)14-18)26-22(28)21-15(2)7-8-19(25-21)27-11-9-24(5,30)10-12-27;1-13-5-6-17(25-9-7-22(4,29)8-10-25)23-19(13)20(26)24-18-14(2)11-16(21(27)28)12-15(18)3;1-5-24-18(23)13-8-11(3)15(12(4)9-13)21-17(22)16-10(2)6-7-14(19)20-16;1-4-14-11(13)9-5-7(2)10(12)8(3)6-9;1-4-2-3-5(8)9-6(4)7(10)11/h7-8,13-14,30H,6,9-12H2,1-5H3,(H,26,28);5-6,11-12,29H,7-10H2,1-4H3,(H,24,26)(H,27,28);6-9H,5H2,1-4H3,(H,21,22);5-6H,4,12H2,1-3H3;2-3H,1H3,(H,10,11). The second-order valence-electron chi connectivity index (χ2n) is 27.3. The maximum absolute atomic E-state index is 13.1. The molecule has 580 valence electrons. The number of aromatic carboxylic acids is 2. The second kappa shape index (κ2) is 38.8. The van der Waals surface area contributed by atoms with E-state index in [1.165, 1.54) is 0 Å². The molecule has 2 aliphatic rings. The van der Waals surface area contributed by atoms with E-state index in [2.05, 4.69) is 45.7 Å². The van der Waals surface area contributed by atoms with Crippen LogP contribution < -0.4 is 31.5 Å². The van der Waals surface area contributed by atoms with Crippen LogP contribution in [0, 0.1) is 83.1 Å². The van der Waals surface area contributed by atoms with Crippen LogP contribution in [-0.4, -0.2) is 145 Å². The maximum atomic E-state index is 13.1. The van der Waals surface area contributed by atoms with Crippen molar-refractivity contribution in [1.29, 1.82) is 0 Å². The van der Waals surface area contributed by atoms with Gasteiger partial charge in [-0.05, 0) is 283 Å². The van der Waals surface area contributed by atoms with Gasteiger partial charge in [0.25, 0.3) is 17.7 Å². The molecule has 2 fully saturated rings. The molecule has 4 aromatic carbocycles. The monoisotopic (exact) mass is 1530 g/mol. The Hall–Kier alpha value is -10.9. The summed E-state index contributed by atoms with van der Waals surface area (Å²) >= 11 is 11.4. The van der Waals surface area contributed by atoms with Gasteiger partial charge in [-0.3, -0.25) is 14.4 Å². The number of nitrogens with one attached hydrogen (secondary N) is 3. The average molecular weight is 1530 g/mol. The molecule has 109 heavy (non-hydrogen) atoms. The number of benzene rings is 4. The third kappa shape index (κ3) is 24.3. The molecule has 2 aliphatic heterocycles. The van der Waals surface area contributed by atoms with Crippen molar-refractivity contribution in [1.82, 2.24) is 19.9 Å². The number of nitrogens with two attached hydrogens (primary N) is 1. The number of pyridine rings is 4. The fourth-order valence-corrected chi connectivity index (χ4v) is 12.1. The highest BCUT2D eigenvalue weighted by atomic mass is 35.5. The molecule has 25 nitrogen and oxygen atoms in total. The Morgan fingerprint density at radius 1 is 0.394 bits per heavy atom. The molecule has 0 spiro atoms. The molecule has 4 aromatic heterocycles. The van der Waals surface area contributed by atoms with Crippen LogP contribution in [0.2, 0.25) is 10.3 Å². The van der Waals surface area contributed by atoms with E-state index in [0.717, 1.165) is 61.6 Å². The summed E-state index contributed by atoms with van der Waals surface area (Å²) in [5.41, 5.74) is 19.0. The zero-order valence-electron chi connectivity index (χ0n) is 64.8. The number of aromatic nitrogens is 4. The van der Waals surface area contributed by atoms with Crippen molar-refractivity contribution < 1.29 is 73.0 Å². The highest BCUT2D eigenvalue weighted by molar-refractivity contribution is 6.30. The number of rotatable bonds is 16. The predicted octanol–water partition coefficient (Wildman–Crippen LogP) is 15.0. The molecule has 0 aliphatic carbocycles. The van der Waals surface area contributed by atoms with Crippen molar-refractivity contribution in [2.24, 2.45) is 0 Å². The van der Waals surface area contributed by atoms with Gasteiger partial charge in [0.05, 0.1) is 53.3 Å². The normalized spacial score (nSPS) is 13.1. The average Bonchev–Trinajstić information content (AvgIpc) is 0.815. The van der Waals surface area contributed by atoms with E-state index >= 15 is 0 Å². The molecule has 0 radical (unpaired) electrons. The number of carbonyl (C=O) groups excluding carboxylic acids is 6. The Labute approximate surface area is 646 Å². The molecule has 0 unspecified atom stereocenters. The Balaban J connectivity index is 0.000000222. The molecule has 0 atom stereocenters. The number of aliphatic hydroxyl groups is 2. The molecule has 9 N–H and O–H groups in total. The molecule has 6 heterocycles. The molecule has 27 heteroatoms. The van der Waals surface area contributed by atoms with Crippen molar-refractivity contribution in [2.45, 2.75) is 155 Å². The molecule has 3 amide bonds. The smallest absolute Gasteiger partial charge is 0.354 e. The number of aryl methyl sites for hydroxylation is 12. The lowest BCUT2D eigenvalue weighted by Gasteiger charge is -2.36. The van der Waals surface area contributed by atoms with Crippen LogP contribution in [0.3, 0.4) is 0 Å². The highest BCUT2D eigenvalue weighted by Crippen LogP contribution is 2.31. The minimum absolute atomic E-state index is 0.0116. The Bertz CT molecular complexity index is 4620. The van der Waals surface area contributed by atoms with Crippen LogP contribution >= 0.6 is 23.2 Å². The summed E-state index contributed by atoms with van der Waals surface area (Å²) in [6, 6.07) is 27.6. The van der Waals surface area contributed by atoms with E-state index in [4.69, 9.17) is 48.3 Å². The first-order chi connectivity index (χ1) is 51.2. The minimum atomic E-state index is -1.05. The first-order valence-electron chi connectivity index (χ1n) is 35.5. The second-order valence-corrected chi connectivity index (χ2v) is 28.1. The van der Waals surface area contributed by atoms with Gasteiger partial charge in [0.2, 0.25) is 0 Å². The number of carboxylic acids is 2. The lowest BCUT2D eigenvalue weighted by atomic mass is 9.94. The lowest BCUT2D eigenvalue weighted by molar-refractivity contribution is 0.0345. The minimum Gasteiger partial charge on any atom is -0.478 e. The summed E-state index contributed by atoms with van der Waals surface area (Å²) in [4.78, 5) is 117. The van der Waals surface area contributed by atoms with Crippen LogP contribution in [0.25, 0.3) is 0 Å². The van der Waals surface area contributed by atoms with Gasteiger partial charge in [-0.25, -0.2) is 43.9 Å². The molecule has 0 bridgehead atoms.